The van der Waals surface area contributed by atoms with Gasteiger partial charge in [-0.05, 0) is 42.1 Å². The fourth-order valence-electron chi connectivity index (χ4n) is 1.57. The summed E-state index contributed by atoms with van der Waals surface area (Å²) in [6.07, 6.45) is 1.98. The van der Waals surface area contributed by atoms with Crippen molar-refractivity contribution < 1.29 is 9.90 Å². The molecule has 0 aliphatic rings. The van der Waals surface area contributed by atoms with Crippen LogP contribution in [0.2, 0.25) is 18.1 Å². The molecule has 0 unspecified atom stereocenters. The lowest BCUT2D eigenvalue weighted by Gasteiger charge is -2.35. The van der Waals surface area contributed by atoms with Crippen molar-refractivity contribution >= 4 is 8.32 Å². The summed E-state index contributed by atoms with van der Waals surface area (Å²) in [6.45, 7) is 8.41. The van der Waals surface area contributed by atoms with Crippen LogP contribution in [0.15, 0.2) is 24.3 Å². The molecule has 0 saturated heterocycles. The van der Waals surface area contributed by atoms with Crippen LogP contribution in [0.3, 0.4) is 0 Å². The summed E-state index contributed by atoms with van der Waals surface area (Å²) in [5, 5.41) is 9.00. The molecule has 17 heavy (non-hydrogen) atoms. The predicted molar refractivity (Wildman–Crippen MR) is 74.4 cm³/mol. The van der Waals surface area contributed by atoms with Gasteiger partial charge in [0.1, 0.15) is 0 Å². The molecule has 0 spiro atoms. The molecule has 0 saturated carbocycles. The van der Waals surface area contributed by atoms with Crippen LogP contribution < -0.4 is 0 Å². The Morgan fingerprint density at radius 2 is 1.53 bits per heavy atom. The molecule has 0 aromatic heterocycles. The van der Waals surface area contributed by atoms with Gasteiger partial charge in [-0.3, -0.25) is 0 Å². The molecule has 2 nitrogen and oxygen atoms in total. The Bertz CT molecular complexity index is 349. The third-order valence-electron chi connectivity index (χ3n) is 3.90. The third-order valence-corrected chi connectivity index (χ3v) is 7.46. The lowest BCUT2D eigenvalue weighted by molar-refractivity contribution is 0.282. The van der Waals surface area contributed by atoms with E-state index < -0.39 is 8.32 Å². The Morgan fingerprint density at radius 1 is 1.06 bits per heavy atom. The second-order valence-corrected chi connectivity index (χ2v) is 10.4. The second kappa shape index (κ2) is 5.34. The number of aliphatic hydroxyl groups is 1. The van der Waals surface area contributed by atoms with Crippen molar-refractivity contribution in [3.8, 4) is 0 Å². The first kappa shape index (κ1) is 14.4. The van der Waals surface area contributed by atoms with Crippen molar-refractivity contribution in [3.63, 3.8) is 0 Å². The monoisotopic (exact) mass is 252 g/mol. The predicted octanol–water partition coefficient (Wildman–Crippen LogP) is 3.09. The molecule has 3 heteroatoms. The van der Waals surface area contributed by atoms with E-state index in [1.807, 2.05) is 25.2 Å². The van der Waals surface area contributed by atoms with Crippen molar-refractivity contribution in [1.29, 1.82) is 0 Å². The van der Waals surface area contributed by atoms with E-state index in [4.69, 9.17) is 5.11 Å². The molecule has 2 N–H and O–H groups in total. The molecule has 0 aliphatic heterocycles. The first-order valence-corrected chi connectivity index (χ1v) is 9.12. The Hall–Kier alpha value is -0.643. The summed E-state index contributed by atoms with van der Waals surface area (Å²) in [5.74, 6) is 0. The molecule has 96 valence electrons. The highest BCUT2D eigenvalue weighted by Gasteiger charge is 2.37. The second-order valence-electron chi connectivity index (χ2n) is 5.92. The van der Waals surface area contributed by atoms with Crippen LogP contribution >= 0.6 is 0 Å². The van der Waals surface area contributed by atoms with Crippen molar-refractivity contribution in [1.82, 2.24) is 0 Å². The van der Waals surface area contributed by atoms with Gasteiger partial charge < -0.3 is 9.90 Å². The van der Waals surface area contributed by atoms with Crippen molar-refractivity contribution in [3.05, 3.63) is 35.4 Å². The maximum Gasteiger partial charge on any atom is 0.188 e. The van der Waals surface area contributed by atoms with Gasteiger partial charge in [0.05, 0.1) is 6.61 Å². The number of hydrogen-bond donors (Lipinski definition) is 2. The molecular weight excluding hydrogens is 228 g/mol. The number of aliphatic hydroxyl groups excluding tert-OH is 1. The van der Waals surface area contributed by atoms with E-state index in [1.54, 1.807) is 0 Å². The first-order chi connectivity index (χ1) is 7.76. The topological polar surface area (TPSA) is 40.5 Å². The molecule has 0 atom stereocenters. The Morgan fingerprint density at radius 3 is 1.94 bits per heavy atom. The van der Waals surface area contributed by atoms with E-state index in [1.165, 1.54) is 5.56 Å². The van der Waals surface area contributed by atoms with E-state index in [9.17, 15) is 4.80 Å². The van der Waals surface area contributed by atoms with Gasteiger partial charge in [0, 0.05) is 0 Å². The van der Waals surface area contributed by atoms with Gasteiger partial charge in [0.15, 0.2) is 8.32 Å². The lowest BCUT2D eigenvalue weighted by Crippen LogP contribution is -2.39. The van der Waals surface area contributed by atoms with Gasteiger partial charge in [0.25, 0.3) is 0 Å². The zero-order valence-corrected chi connectivity index (χ0v) is 12.3. The van der Waals surface area contributed by atoms with Crippen LogP contribution in [0.25, 0.3) is 0 Å². The molecule has 0 aliphatic carbocycles. The molecule has 0 heterocycles. The SMILES string of the molecule is CC(C)(CCc1ccc(CO)cc1)[Si](C)(C)O. The van der Waals surface area contributed by atoms with Gasteiger partial charge >= 0.3 is 0 Å². The smallest absolute Gasteiger partial charge is 0.188 e. The maximum absolute atomic E-state index is 10.2. The van der Waals surface area contributed by atoms with Crippen LogP contribution in [0.5, 0.6) is 0 Å². The zero-order chi connectivity index (χ0) is 13.1. The highest BCUT2D eigenvalue weighted by atomic mass is 28.4. The highest BCUT2D eigenvalue weighted by molar-refractivity contribution is 6.72. The Kier molecular flexibility index (Phi) is 4.53. The van der Waals surface area contributed by atoms with Gasteiger partial charge in [-0.25, -0.2) is 0 Å². The quantitative estimate of drug-likeness (QED) is 0.791. The van der Waals surface area contributed by atoms with Crippen LogP contribution in [0, 0.1) is 0 Å². The van der Waals surface area contributed by atoms with Gasteiger partial charge in [0.2, 0.25) is 0 Å². The number of benzene rings is 1. The summed E-state index contributed by atoms with van der Waals surface area (Å²) in [6, 6.07) is 8.05. The van der Waals surface area contributed by atoms with Gasteiger partial charge in [-0.1, -0.05) is 38.1 Å². The van der Waals surface area contributed by atoms with Crippen LogP contribution in [0.1, 0.15) is 31.4 Å². The largest absolute Gasteiger partial charge is 0.432 e. The minimum Gasteiger partial charge on any atom is -0.432 e. The minimum absolute atomic E-state index is 0.0304. The van der Waals surface area contributed by atoms with E-state index in [2.05, 4.69) is 26.0 Å². The lowest BCUT2D eigenvalue weighted by atomic mass is 10.0. The van der Waals surface area contributed by atoms with Crippen LogP contribution in [-0.2, 0) is 13.0 Å². The Balaban J connectivity index is 2.61. The van der Waals surface area contributed by atoms with Crippen LogP contribution in [0.4, 0.5) is 0 Å². The molecule has 1 aromatic carbocycles. The van der Waals surface area contributed by atoms with Crippen molar-refractivity contribution in [2.24, 2.45) is 0 Å². The average molecular weight is 252 g/mol. The number of aryl methyl sites for hydroxylation is 1. The van der Waals surface area contributed by atoms with Crippen molar-refractivity contribution in [2.75, 3.05) is 0 Å². The van der Waals surface area contributed by atoms with E-state index in [0.717, 1.165) is 18.4 Å². The summed E-state index contributed by atoms with van der Waals surface area (Å²) in [4.78, 5) is 10.2. The first-order valence-electron chi connectivity index (χ1n) is 6.17. The molecular formula is C14H24O2Si. The van der Waals surface area contributed by atoms with Gasteiger partial charge in [-0.15, -0.1) is 0 Å². The number of rotatable bonds is 5. The van der Waals surface area contributed by atoms with E-state index >= 15 is 0 Å². The van der Waals surface area contributed by atoms with E-state index in [-0.39, 0.29) is 11.6 Å². The van der Waals surface area contributed by atoms with Crippen molar-refractivity contribution in [2.45, 2.75) is 51.4 Å². The molecule has 1 aromatic rings. The normalized spacial score (nSPS) is 12.8. The van der Waals surface area contributed by atoms with E-state index in [0.29, 0.717) is 0 Å². The molecule has 0 bridgehead atoms. The average Bonchev–Trinajstić information content (AvgIpc) is 2.25. The third kappa shape index (κ3) is 3.94. The molecule has 0 amide bonds. The fourth-order valence-corrected chi connectivity index (χ4v) is 2.31. The highest BCUT2D eigenvalue weighted by Crippen LogP contribution is 2.39. The summed E-state index contributed by atoms with van der Waals surface area (Å²) < 4.78 is 0. The molecule has 0 radical (unpaired) electrons. The standard InChI is InChI=1S/C14H24O2Si/c1-14(2,17(3,4)16)10-9-12-5-7-13(11-15)8-6-12/h5-8,15-16H,9-11H2,1-4H3. The summed E-state index contributed by atoms with van der Waals surface area (Å²) >= 11 is 0. The minimum atomic E-state index is -2.10. The number of hydrogen-bond acceptors (Lipinski definition) is 2. The maximum atomic E-state index is 10.2. The zero-order valence-electron chi connectivity index (χ0n) is 11.3. The fraction of sp³-hybridized carbons (Fsp3) is 0.571. The molecule has 0 fully saturated rings. The molecule has 1 rings (SSSR count). The Labute approximate surface area is 105 Å². The summed E-state index contributed by atoms with van der Waals surface area (Å²) in [7, 11) is -2.10. The summed E-state index contributed by atoms with van der Waals surface area (Å²) in [5.41, 5.74) is 2.22. The van der Waals surface area contributed by atoms with Gasteiger partial charge in [-0.2, -0.15) is 0 Å². The van der Waals surface area contributed by atoms with Crippen LogP contribution in [-0.4, -0.2) is 18.2 Å².